The van der Waals surface area contributed by atoms with Gasteiger partial charge < -0.3 is 20.7 Å². The van der Waals surface area contributed by atoms with Crippen LogP contribution in [0, 0.1) is 5.92 Å². The van der Waals surface area contributed by atoms with Gasteiger partial charge in [0.2, 0.25) is 11.9 Å². The molecule has 1 aromatic carbocycles. The van der Waals surface area contributed by atoms with E-state index in [-0.39, 0.29) is 17.9 Å². The molecule has 3 N–H and O–H groups in total. The van der Waals surface area contributed by atoms with E-state index in [0.29, 0.717) is 5.95 Å². The molecule has 0 atom stereocenters. The molecule has 2 aliphatic rings. The predicted molar refractivity (Wildman–Crippen MR) is 122 cm³/mol. The van der Waals surface area contributed by atoms with Crippen molar-refractivity contribution < 1.29 is 9.53 Å². The fraction of sp³-hybridized carbons (Fsp3) is 0.478. The van der Waals surface area contributed by atoms with Gasteiger partial charge in [0.25, 0.3) is 0 Å². The van der Waals surface area contributed by atoms with Crippen molar-refractivity contribution in [2.24, 2.45) is 11.7 Å². The van der Waals surface area contributed by atoms with E-state index >= 15 is 0 Å². The minimum absolute atomic E-state index is 0.0320. The highest BCUT2D eigenvalue weighted by molar-refractivity contribution is 5.77. The fourth-order valence-corrected chi connectivity index (χ4v) is 4.88. The Bertz CT molecular complexity index is 1150. The largest absolute Gasteiger partial charge is 0.495 e. The van der Waals surface area contributed by atoms with Gasteiger partial charge in [0.15, 0.2) is 5.65 Å². The number of nitrogens with one attached hydrogen (secondary N) is 1. The Balaban J connectivity index is 1.42. The first kappa shape index (κ1) is 20.7. The highest BCUT2D eigenvalue weighted by Crippen LogP contribution is 2.35. The number of nitrogens with two attached hydrogens (primary N) is 1. The smallest absolute Gasteiger partial charge is 0.229 e. The lowest BCUT2D eigenvalue weighted by molar-refractivity contribution is -0.122. The maximum absolute atomic E-state index is 11.5. The Morgan fingerprint density at radius 1 is 1.19 bits per heavy atom. The third kappa shape index (κ3) is 3.88. The number of primary amides is 1. The molecule has 0 bridgehead atoms. The van der Waals surface area contributed by atoms with Gasteiger partial charge in [-0.25, -0.2) is 9.67 Å². The number of hydrogen-bond acceptors (Lipinski definition) is 7. The molecular formula is C23H29N7O2. The number of anilines is 2. The van der Waals surface area contributed by atoms with Gasteiger partial charge in [-0.2, -0.15) is 10.1 Å². The van der Waals surface area contributed by atoms with Crippen LogP contribution in [0.3, 0.4) is 0 Å². The van der Waals surface area contributed by atoms with Crippen molar-refractivity contribution in [2.75, 3.05) is 26.0 Å². The summed E-state index contributed by atoms with van der Waals surface area (Å²) >= 11 is 0. The van der Waals surface area contributed by atoms with E-state index in [1.807, 2.05) is 4.68 Å². The Hall–Kier alpha value is -3.20. The molecule has 1 fully saturated rings. The second kappa shape index (κ2) is 8.38. The zero-order valence-corrected chi connectivity index (χ0v) is 18.5. The van der Waals surface area contributed by atoms with Crippen molar-refractivity contribution in [3.63, 3.8) is 0 Å². The first-order valence-electron chi connectivity index (χ1n) is 11.2. The van der Waals surface area contributed by atoms with Crippen LogP contribution in [0.25, 0.3) is 11.0 Å². The van der Waals surface area contributed by atoms with Gasteiger partial charge in [-0.1, -0.05) is 0 Å². The van der Waals surface area contributed by atoms with E-state index in [0.717, 1.165) is 67.7 Å². The van der Waals surface area contributed by atoms with Gasteiger partial charge in [-0.15, -0.1) is 0 Å². The lowest BCUT2D eigenvalue weighted by atomic mass is 9.86. The van der Waals surface area contributed by atoms with Crippen LogP contribution in [0.2, 0.25) is 0 Å². The summed E-state index contributed by atoms with van der Waals surface area (Å²) in [6.45, 7) is 1.96. The van der Waals surface area contributed by atoms with E-state index in [4.69, 9.17) is 15.5 Å². The maximum Gasteiger partial charge on any atom is 0.229 e. The summed E-state index contributed by atoms with van der Waals surface area (Å²) in [4.78, 5) is 23.1. The number of amides is 1. The van der Waals surface area contributed by atoms with Crippen LogP contribution >= 0.6 is 0 Å². The van der Waals surface area contributed by atoms with E-state index in [9.17, 15) is 4.79 Å². The Labute approximate surface area is 187 Å². The average molecular weight is 436 g/mol. The van der Waals surface area contributed by atoms with Crippen LogP contribution in [0.15, 0.2) is 24.5 Å². The molecule has 0 unspecified atom stereocenters. The SMILES string of the molecule is COc1cc2c(cc1Nc1ncc3cnn(C4CCC(C(N)=O)CC4)c3n1)CN(C)CC2. The monoisotopic (exact) mass is 435 g/mol. The third-order valence-corrected chi connectivity index (χ3v) is 6.75. The second-order valence-corrected chi connectivity index (χ2v) is 8.90. The Morgan fingerprint density at radius 2 is 2.00 bits per heavy atom. The number of rotatable bonds is 5. The molecule has 1 saturated carbocycles. The lowest BCUT2D eigenvalue weighted by Crippen LogP contribution is -2.28. The Morgan fingerprint density at radius 3 is 2.75 bits per heavy atom. The number of nitrogens with zero attached hydrogens (tertiary/aromatic N) is 5. The number of methoxy groups -OCH3 is 1. The van der Waals surface area contributed by atoms with Crippen LogP contribution in [0.4, 0.5) is 11.6 Å². The average Bonchev–Trinajstić information content (AvgIpc) is 3.22. The van der Waals surface area contributed by atoms with Crippen LogP contribution in [-0.2, 0) is 17.8 Å². The summed E-state index contributed by atoms with van der Waals surface area (Å²) in [5.74, 6) is 1.06. The molecule has 9 heteroatoms. The van der Waals surface area contributed by atoms with Gasteiger partial charge in [0.1, 0.15) is 5.75 Å². The summed E-state index contributed by atoms with van der Waals surface area (Å²) in [7, 11) is 3.82. The van der Waals surface area contributed by atoms with Crippen molar-refractivity contribution in [3.05, 3.63) is 35.7 Å². The maximum atomic E-state index is 11.5. The number of carbonyl (C=O) groups excluding carboxylic acids is 1. The molecule has 1 aliphatic carbocycles. The minimum atomic E-state index is -0.201. The standard InChI is InChI=1S/C23H29N7O2/c1-29-8-7-15-10-20(32-2)19(9-16(15)13-29)27-23-25-11-17-12-26-30(22(17)28-23)18-5-3-14(4-6-18)21(24)31/h9-12,14,18H,3-8,13H2,1-2H3,(H2,24,31)(H,25,27,28). The molecule has 2 aromatic heterocycles. The molecule has 0 radical (unpaired) electrons. The van der Waals surface area contributed by atoms with E-state index < -0.39 is 0 Å². The molecule has 32 heavy (non-hydrogen) atoms. The Kier molecular flexibility index (Phi) is 5.42. The van der Waals surface area contributed by atoms with E-state index in [1.165, 1.54) is 11.1 Å². The number of hydrogen-bond donors (Lipinski definition) is 2. The van der Waals surface area contributed by atoms with Crippen LogP contribution in [0.1, 0.15) is 42.9 Å². The second-order valence-electron chi connectivity index (χ2n) is 8.90. The number of aromatic nitrogens is 4. The number of likely N-dealkylation sites (N-methyl/N-ethyl adjacent to an activating group) is 1. The molecule has 5 rings (SSSR count). The highest BCUT2D eigenvalue weighted by Gasteiger charge is 2.27. The molecule has 9 nitrogen and oxygen atoms in total. The topological polar surface area (TPSA) is 111 Å². The molecule has 0 saturated heterocycles. The number of benzene rings is 1. The van der Waals surface area contributed by atoms with Crippen molar-refractivity contribution in [2.45, 2.75) is 44.7 Å². The quantitative estimate of drug-likeness (QED) is 0.634. The fourth-order valence-electron chi connectivity index (χ4n) is 4.88. The molecular weight excluding hydrogens is 406 g/mol. The van der Waals surface area contributed by atoms with Crippen molar-refractivity contribution in [3.8, 4) is 5.75 Å². The predicted octanol–water partition coefficient (Wildman–Crippen LogP) is 2.78. The molecule has 3 aromatic rings. The van der Waals surface area contributed by atoms with Gasteiger partial charge >= 0.3 is 0 Å². The van der Waals surface area contributed by atoms with Crippen molar-refractivity contribution in [1.82, 2.24) is 24.6 Å². The zero-order valence-electron chi connectivity index (χ0n) is 18.5. The highest BCUT2D eigenvalue weighted by atomic mass is 16.5. The molecule has 1 aliphatic heterocycles. The minimum Gasteiger partial charge on any atom is -0.495 e. The summed E-state index contributed by atoms with van der Waals surface area (Å²) in [6, 6.07) is 4.46. The molecule has 0 spiro atoms. The van der Waals surface area contributed by atoms with E-state index in [1.54, 1.807) is 19.5 Å². The summed E-state index contributed by atoms with van der Waals surface area (Å²) in [5.41, 5.74) is 9.75. The van der Waals surface area contributed by atoms with E-state index in [2.05, 4.69) is 39.5 Å². The first-order chi connectivity index (χ1) is 15.5. The van der Waals surface area contributed by atoms with Crippen molar-refractivity contribution in [1.29, 1.82) is 0 Å². The first-order valence-corrected chi connectivity index (χ1v) is 11.2. The zero-order chi connectivity index (χ0) is 22.2. The van der Waals surface area contributed by atoms with Gasteiger partial charge in [-0.3, -0.25) is 4.79 Å². The summed E-state index contributed by atoms with van der Waals surface area (Å²) in [5, 5.41) is 8.83. The molecule has 3 heterocycles. The van der Waals surface area contributed by atoms with Crippen LogP contribution < -0.4 is 15.8 Å². The summed E-state index contributed by atoms with van der Waals surface area (Å²) < 4.78 is 7.61. The lowest BCUT2D eigenvalue weighted by Gasteiger charge is -2.27. The van der Waals surface area contributed by atoms with Crippen molar-refractivity contribution >= 4 is 28.6 Å². The number of fused-ring (bicyclic) bond motifs is 2. The summed E-state index contributed by atoms with van der Waals surface area (Å²) in [6.07, 6.45) is 7.92. The third-order valence-electron chi connectivity index (χ3n) is 6.75. The van der Waals surface area contributed by atoms with Gasteiger partial charge in [-0.05, 0) is 62.4 Å². The number of ether oxygens (including phenoxy) is 1. The molecule has 168 valence electrons. The van der Waals surface area contributed by atoms with Gasteiger partial charge in [0.05, 0.1) is 30.4 Å². The van der Waals surface area contributed by atoms with Gasteiger partial charge in [0, 0.05) is 25.2 Å². The number of carbonyl (C=O) groups is 1. The van der Waals surface area contributed by atoms with Crippen LogP contribution in [-0.4, -0.2) is 51.3 Å². The normalized spacial score (nSPS) is 21.3. The molecule has 1 amide bonds. The van der Waals surface area contributed by atoms with Crippen LogP contribution in [0.5, 0.6) is 5.75 Å².